The summed E-state index contributed by atoms with van der Waals surface area (Å²) in [5, 5.41) is 3.87. The molecule has 1 aromatic carbocycles. The Morgan fingerprint density at radius 1 is 1.33 bits per heavy atom. The molecule has 1 aliphatic rings. The summed E-state index contributed by atoms with van der Waals surface area (Å²) < 4.78 is 25.3. The Morgan fingerprint density at radius 2 is 2.06 bits per heavy atom. The van der Waals surface area contributed by atoms with Gasteiger partial charge >= 0.3 is 0 Å². The molecule has 2 aromatic rings. The number of carbonyl (C=O) groups excluding carboxylic acids is 2. The van der Waals surface area contributed by atoms with Gasteiger partial charge in [-0.15, -0.1) is 0 Å². The van der Waals surface area contributed by atoms with E-state index in [1.165, 1.54) is 13.3 Å². The molecule has 5 N–H and O–H groups in total. The van der Waals surface area contributed by atoms with Gasteiger partial charge in [-0.2, -0.15) is 0 Å². The number of hydrogen-bond donors (Lipinski definition) is 3. The summed E-state index contributed by atoms with van der Waals surface area (Å²) in [5.41, 5.74) is 11.5. The van der Waals surface area contributed by atoms with E-state index >= 15 is 0 Å². The number of amides is 2. The van der Waals surface area contributed by atoms with Crippen LogP contribution in [-0.4, -0.2) is 48.3 Å². The molecule has 0 radical (unpaired) electrons. The van der Waals surface area contributed by atoms with Crippen LogP contribution in [0, 0.1) is 17.8 Å². The van der Waals surface area contributed by atoms with E-state index in [1.807, 2.05) is 6.92 Å². The molecule has 1 aliphatic heterocycles. The zero-order valence-corrected chi connectivity index (χ0v) is 19.2. The quantitative estimate of drug-likeness (QED) is 0.547. The number of carbonyl (C=O) groups is 2. The van der Waals surface area contributed by atoms with Crippen molar-refractivity contribution in [1.29, 1.82) is 0 Å². The predicted octanol–water partition coefficient (Wildman–Crippen LogP) is 2.06. The molecule has 2 heterocycles. The van der Waals surface area contributed by atoms with Crippen LogP contribution in [0.15, 0.2) is 18.3 Å². The number of benzene rings is 1. The summed E-state index contributed by atoms with van der Waals surface area (Å²) in [5.74, 6) is 4.92. The zero-order chi connectivity index (χ0) is 24.3. The van der Waals surface area contributed by atoms with Crippen molar-refractivity contribution in [3.8, 4) is 23.5 Å². The molecule has 1 aromatic heterocycles. The van der Waals surface area contributed by atoms with Gasteiger partial charge in [0.25, 0.3) is 11.8 Å². The molecule has 0 unspecified atom stereocenters. The summed E-state index contributed by atoms with van der Waals surface area (Å²) >= 11 is 0. The number of halogens is 1. The highest BCUT2D eigenvalue weighted by atomic mass is 19.1. The van der Waals surface area contributed by atoms with Gasteiger partial charge in [0.15, 0.2) is 6.17 Å². The maximum absolute atomic E-state index is 14.0. The Morgan fingerprint density at radius 3 is 2.67 bits per heavy atom. The topological polar surface area (TPSA) is 130 Å². The van der Waals surface area contributed by atoms with Crippen molar-refractivity contribution < 1.29 is 23.5 Å². The number of rotatable bonds is 7. The zero-order valence-electron chi connectivity index (χ0n) is 19.2. The van der Waals surface area contributed by atoms with E-state index in [4.69, 9.17) is 20.9 Å². The summed E-state index contributed by atoms with van der Waals surface area (Å²) in [6.45, 7) is 5.61. The van der Waals surface area contributed by atoms with Crippen molar-refractivity contribution in [1.82, 2.24) is 10.3 Å². The third-order valence-electron chi connectivity index (χ3n) is 5.57. The van der Waals surface area contributed by atoms with E-state index < -0.39 is 23.5 Å². The maximum atomic E-state index is 14.0. The molecule has 3 atom stereocenters. The molecule has 2 amide bonds. The van der Waals surface area contributed by atoms with Crippen molar-refractivity contribution in [2.75, 3.05) is 13.7 Å². The minimum atomic E-state index is -1.50. The standard InChI is InChI=1S/C24H29FN4O4/c1-5-14-18(29-22(31)20(14)25)7-9-33-23-16-11-19(32-4)17(21(26)30)10-15(16)13(12-28-23)6-8-24(2,3)27/h10-12,14,18,20H,5,7,9,27H2,1-4H3,(H2,26,30)(H,29,31)/t14-,18+,20-/m0/s1. The third kappa shape index (κ3) is 5.34. The van der Waals surface area contributed by atoms with Crippen molar-refractivity contribution >= 4 is 22.6 Å². The molecule has 0 saturated carbocycles. The molecule has 3 rings (SSSR count). The van der Waals surface area contributed by atoms with Crippen molar-refractivity contribution in [3.05, 3.63) is 29.5 Å². The highest BCUT2D eigenvalue weighted by Gasteiger charge is 2.41. The van der Waals surface area contributed by atoms with Gasteiger partial charge in [0.2, 0.25) is 5.88 Å². The van der Waals surface area contributed by atoms with Gasteiger partial charge in [0.1, 0.15) is 5.75 Å². The predicted molar refractivity (Wildman–Crippen MR) is 123 cm³/mol. The van der Waals surface area contributed by atoms with Crippen molar-refractivity contribution in [2.24, 2.45) is 17.4 Å². The van der Waals surface area contributed by atoms with Gasteiger partial charge in [-0.05, 0) is 32.4 Å². The summed E-state index contributed by atoms with van der Waals surface area (Å²) in [6.07, 6.45) is 1.01. The Labute approximate surface area is 192 Å². The van der Waals surface area contributed by atoms with Crippen LogP contribution >= 0.6 is 0 Å². The molecule has 8 nitrogen and oxygen atoms in total. The first kappa shape index (κ1) is 24.3. The summed E-state index contributed by atoms with van der Waals surface area (Å²) in [6, 6.07) is 2.91. The second-order valence-electron chi connectivity index (χ2n) is 8.64. The number of methoxy groups -OCH3 is 1. The lowest BCUT2D eigenvalue weighted by Gasteiger charge is -2.18. The Hall–Kier alpha value is -3.38. The molecule has 33 heavy (non-hydrogen) atoms. The number of aromatic nitrogens is 1. The molecule has 176 valence electrons. The summed E-state index contributed by atoms with van der Waals surface area (Å²) in [4.78, 5) is 28.0. The van der Waals surface area contributed by atoms with Gasteiger partial charge in [-0.1, -0.05) is 18.8 Å². The minimum Gasteiger partial charge on any atom is -0.496 e. The third-order valence-corrected chi connectivity index (χ3v) is 5.57. The summed E-state index contributed by atoms with van der Waals surface area (Å²) in [7, 11) is 1.43. The Bertz CT molecular complexity index is 1130. The Kier molecular flexibility index (Phi) is 7.08. The molecule has 0 bridgehead atoms. The average molecular weight is 457 g/mol. The van der Waals surface area contributed by atoms with E-state index in [-0.39, 0.29) is 29.9 Å². The fraction of sp³-hybridized carbons (Fsp3) is 0.458. The number of fused-ring (bicyclic) bond motifs is 1. The molecule has 1 fully saturated rings. The SMILES string of the molecule is CC[C@@H]1[C@H](F)C(=O)N[C@@H]1CCOc1ncc(C#CC(C)(C)N)c2cc(C(N)=O)c(OC)cc12. The number of pyridine rings is 1. The number of alkyl halides is 1. The molecule has 1 saturated heterocycles. The second kappa shape index (κ2) is 9.63. The monoisotopic (exact) mass is 456 g/mol. The highest BCUT2D eigenvalue weighted by Crippen LogP contribution is 2.33. The first-order valence-corrected chi connectivity index (χ1v) is 10.8. The molecule has 0 aliphatic carbocycles. The molecule has 0 spiro atoms. The van der Waals surface area contributed by atoms with E-state index in [0.717, 1.165) is 0 Å². The van der Waals surface area contributed by atoms with Crippen LogP contribution in [0.2, 0.25) is 0 Å². The lowest BCUT2D eigenvalue weighted by molar-refractivity contribution is -0.123. The smallest absolute Gasteiger partial charge is 0.255 e. The van der Waals surface area contributed by atoms with E-state index in [0.29, 0.717) is 35.1 Å². The van der Waals surface area contributed by atoms with Crippen LogP contribution in [0.25, 0.3) is 10.8 Å². The number of nitrogens with one attached hydrogen (secondary N) is 1. The van der Waals surface area contributed by atoms with Gasteiger partial charge in [-0.3, -0.25) is 9.59 Å². The van der Waals surface area contributed by atoms with Crippen LogP contribution in [0.1, 0.15) is 49.5 Å². The van der Waals surface area contributed by atoms with Crippen LogP contribution in [0.4, 0.5) is 4.39 Å². The van der Waals surface area contributed by atoms with Gasteiger partial charge in [0, 0.05) is 35.3 Å². The number of nitrogens with zero attached hydrogens (tertiary/aromatic N) is 1. The normalized spacial score (nSPS) is 20.2. The lowest BCUT2D eigenvalue weighted by Crippen LogP contribution is -2.30. The largest absolute Gasteiger partial charge is 0.496 e. The van der Waals surface area contributed by atoms with Gasteiger partial charge in [-0.25, -0.2) is 9.37 Å². The van der Waals surface area contributed by atoms with Crippen molar-refractivity contribution in [2.45, 2.75) is 51.4 Å². The maximum Gasteiger partial charge on any atom is 0.255 e. The highest BCUT2D eigenvalue weighted by molar-refractivity contribution is 6.03. The molecular formula is C24H29FN4O4. The van der Waals surface area contributed by atoms with Crippen LogP contribution in [0.5, 0.6) is 11.6 Å². The van der Waals surface area contributed by atoms with Crippen molar-refractivity contribution in [3.63, 3.8) is 0 Å². The number of hydrogen-bond acceptors (Lipinski definition) is 6. The fourth-order valence-corrected chi connectivity index (χ4v) is 3.87. The first-order chi connectivity index (χ1) is 15.6. The second-order valence-corrected chi connectivity index (χ2v) is 8.64. The fourth-order valence-electron chi connectivity index (χ4n) is 3.87. The van der Waals surface area contributed by atoms with Crippen LogP contribution in [0.3, 0.4) is 0 Å². The Balaban J connectivity index is 1.95. The first-order valence-electron chi connectivity index (χ1n) is 10.8. The molecular weight excluding hydrogens is 427 g/mol. The minimum absolute atomic E-state index is 0.200. The number of primary amides is 1. The molecule has 9 heteroatoms. The number of nitrogens with two attached hydrogens (primary N) is 2. The van der Waals surface area contributed by atoms with Gasteiger partial charge < -0.3 is 26.3 Å². The average Bonchev–Trinajstić information content (AvgIpc) is 3.03. The van der Waals surface area contributed by atoms with E-state index in [9.17, 15) is 14.0 Å². The van der Waals surface area contributed by atoms with Crippen LogP contribution in [-0.2, 0) is 4.79 Å². The van der Waals surface area contributed by atoms with E-state index in [2.05, 4.69) is 22.1 Å². The van der Waals surface area contributed by atoms with Gasteiger partial charge in [0.05, 0.1) is 30.4 Å². The van der Waals surface area contributed by atoms with Crippen LogP contribution < -0.4 is 26.3 Å². The lowest BCUT2D eigenvalue weighted by atomic mass is 9.94. The number of ether oxygens (including phenoxy) is 2. The van der Waals surface area contributed by atoms with E-state index in [1.54, 1.807) is 26.0 Å².